The number of furan rings is 1. The van der Waals surface area contributed by atoms with Gasteiger partial charge in [-0.25, -0.2) is 4.79 Å². The molecule has 0 aliphatic heterocycles. The van der Waals surface area contributed by atoms with Gasteiger partial charge in [0, 0.05) is 47.1 Å². The first-order valence-electron chi connectivity index (χ1n) is 8.90. The Morgan fingerprint density at radius 2 is 2.12 bits per heavy atom. The van der Waals surface area contributed by atoms with E-state index in [1.165, 1.54) is 17.7 Å². The molecule has 3 aromatic rings. The molecule has 3 aromatic heterocycles. The van der Waals surface area contributed by atoms with Crippen LogP contribution in [0, 0.1) is 6.92 Å². The van der Waals surface area contributed by atoms with Crippen LogP contribution in [0.15, 0.2) is 35.0 Å². The molecule has 1 saturated carbocycles. The number of aromatic carboxylic acids is 1. The summed E-state index contributed by atoms with van der Waals surface area (Å²) in [4.78, 5) is 15.4. The van der Waals surface area contributed by atoms with Gasteiger partial charge >= 0.3 is 5.97 Å². The maximum Gasteiger partial charge on any atom is 0.371 e. The number of nitrogens with zero attached hydrogens (tertiary/aromatic N) is 3. The minimum absolute atomic E-state index is 0.00124. The van der Waals surface area contributed by atoms with Crippen LogP contribution in [-0.4, -0.2) is 25.8 Å². The largest absolute Gasteiger partial charge is 0.475 e. The third kappa shape index (κ3) is 2.08. The summed E-state index contributed by atoms with van der Waals surface area (Å²) < 4.78 is 7.70. The van der Waals surface area contributed by atoms with Gasteiger partial charge in [-0.05, 0) is 37.5 Å². The topological polar surface area (TPSA) is 81.2 Å². The molecule has 26 heavy (non-hydrogen) atoms. The van der Waals surface area contributed by atoms with Crippen LogP contribution in [0.25, 0.3) is 11.3 Å². The van der Waals surface area contributed by atoms with E-state index < -0.39 is 5.97 Å². The summed E-state index contributed by atoms with van der Waals surface area (Å²) in [5, 5.41) is 14.2. The molecule has 1 N–H and O–H groups in total. The molecule has 1 spiro atoms. The highest BCUT2D eigenvalue weighted by atomic mass is 16.4. The van der Waals surface area contributed by atoms with Crippen LogP contribution in [0.2, 0.25) is 0 Å². The lowest BCUT2D eigenvalue weighted by atomic mass is 9.59. The second-order valence-corrected chi connectivity index (χ2v) is 7.39. The lowest BCUT2D eigenvalue weighted by Crippen LogP contribution is -2.39. The first-order valence-corrected chi connectivity index (χ1v) is 8.90. The van der Waals surface area contributed by atoms with E-state index in [9.17, 15) is 9.90 Å². The normalized spacial score (nSPS) is 16.8. The summed E-state index contributed by atoms with van der Waals surface area (Å²) in [6.07, 6.45) is 7.74. The van der Waals surface area contributed by atoms with E-state index in [2.05, 4.69) is 11.9 Å². The predicted octanol–water partition coefficient (Wildman–Crippen LogP) is 3.57. The van der Waals surface area contributed by atoms with Crippen LogP contribution in [0.4, 0.5) is 0 Å². The lowest BCUT2D eigenvalue weighted by molar-refractivity contribution is 0.0658. The molecule has 0 saturated heterocycles. The first kappa shape index (κ1) is 15.4. The minimum atomic E-state index is -1.03. The summed E-state index contributed by atoms with van der Waals surface area (Å²) >= 11 is 0. The smallest absolute Gasteiger partial charge is 0.371 e. The van der Waals surface area contributed by atoms with Crippen LogP contribution in [0.3, 0.4) is 0 Å². The number of hydrogen-bond acceptors (Lipinski definition) is 4. The van der Waals surface area contributed by atoms with Crippen LogP contribution < -0.4 is 0 Å². The number of hydrogen-bond donors (Lipinski definition) is 1. The fourth-order valence-corrected chi connectivity index (χ4v) is 4.48. The van der Waals surface area contributed by atoms with Gasteiger partial charge in [-0.3, -0.25) is 9.67 Å². The zero-order valence-electron chi connectivity index (χ0n) is 14.5. The second-order valence-electron chi connectivity index (χ2n) is 7.39. The zero-order chi connectivity index (χ0) is 17.9. The molecule has 6 heteroatoms. The second kappa shape index (κ2) is 5.30. The SMILES string of the molecule is Cc1c2c(nn1Cc1ccncc1)-c1cc(C(=O)O)oc1CC21CCC1. The van der Waals surface area contributed by atoms with Crippen LogP contribution in [0.5, 0.6) is 0 Å². The fraction of sp³-hybridized carbons (Fsp3) is 0.350. The molecule has 0 atom stereocenters. The summed E-state index contributed by atoms with van der Waals surface area (Å²) in [6.45, 7) is 2.80. The number of aromatic nitrogens is 3. The van der Waals surface area contributed by atoms with Gasteiger partial charge in [0.15, 0.2) is 0 Å². The van der Waals surface area contributed by atoms with Crippen LogP contribution in [0.1, 0.15) is 52.4 Å². The zero-order valence-corrected chi connectivity index (χ0v) is 14.5. The molecule has 0 aromatic carbocycles. The summed E-state index contributed by atoms with van der Waals surface area (Å²) in [5.41, 5.74) is 5.38. The summed E-state index contributed by atoms with van der Waals surface area (Å²) in [6, 6.07) is 5.61. The van der Waals surface area contributed by atoms with Gasteiger partial charge in [0.05, 0.1) is 12.2 Å². The molecule has 0 bridgehead atoms. The van der Waals surface area contributed by atoms with Crippen molar-refractivity contribution in [3.8, 4) is 11.3 Å². The van der Waals surface area contributed by atoms with Gasteiger partial charge in [0.2, 0.25) is 5.76 Å². The third-order valence-corrected chi connectivity index (χ3v) is 5.90. The average molecular weight is 349 g/mol. The molecule has 0 amide bonds. The van der Waals surface area contributed by atoms with Crippen molar-refractivity contribution in [3.63, 3.8) is 0 Å². The van der Waals surface area contributed by atoms with Crippen molar-refractivity contribution in [2.75, 3.05) is 0 Å². The fourth-order valence-electron chi connectivity index (χ4n) is 4.48. The maximum atomic E-state index is 11.4. The van der Waals surface area contributed by atoms with Crippen molar-refractivity contribution < 1.29 is 14.3 Å². The van der Waals surface area contributed by atoms with Gasteiger partial charge in [-0.2, -0.15) is 5.10 Å². The standard InChI is InChI=1S/C20H19N3O3/c1-12-17-18(22-23(12)11-13-3-7-21-8-4-13)14-9-15(19(24)25)26-16(14)10-20(17)5-2-6-20/h3-4,7-9H,2,5-6,10-11H2,1H3,(H,24,25). The van der Waals surface area contributed by atoms with Crippen molar-refractivity contribution in [3.05, 3.63) is 58.9 Å². The van der Waals surface area contributed by atoms with E-state index in [0.29, 0.717) is 6.54 Å². The van der Waals surface area contributed by atoms with E-state index >= 15 is 0 Å². The van der Waals surface area contributed by atoms with Gasteiger partial charge in [0.1, 0.15) is 5.76 Å². The van der Waals surface area contributed by atoms with Gasteiger partial charge in [0.25, 0.3) is 0 Å². The molecule has 6 nitrogen and oxygen atoms in total. The van der Waals surface area contributed by atoms with Crippen molar-refractivity contribution in [1.82, 2.24) is 14.8 Å². The first-order chi connectivity index (χ1) is 12.6. The average Bonchev–Trinajstić information content (AvgIpc) is 3.16. The molecular formula is C20H19N3O3. The molecule has 0 radical (unpaired) electrons. The van der Waals surface area contributed by atoms with E-state index in [-0.39, 0.29) is 11.2 Å². The molecule has 5 rings (SSSR count). The number of pyridine rings is 1. The van der Waals surface area contributed by atoms with Crippen LogP contribution in [-0.2, 0) is 18.4 Å². The minimum Gasteiger partial charge on any atom is -0.475 e. The molecule has 2 aliphatic carbocycles. The maximum absolute atomic E-state index is 11.4. The highest BCUT2D eigenvalue weighted by molar-refractivity contribution is 5.87. The Balaban J connectivity index is 1.66. The number of rotatable bonds is 3. The highest BCUT2D eigenvalue weighted by Crippen LogP contribution is 2.54. The van der Waals surface area contributed by atoms with Gasteiger partial charge < -0.3 is 9.52 Å². The predicted molar refractivity (Wildman–Crippen MR) is 94.2 cm³/mol. The lowest BCUT2D eigenvalue weighted by Gasteiger charge is -2.44. The monoisotopic (exact) mass is 349 g/mol. The highest BCUT2D eigenvalue weighted by Gasteiger charge is 2.48. The van der Waals surface area contributed by atoms with E-state index in [4.69, 9.17) is 9.52 Å². The number of carboxylic acids is 1. The van der Waals surface area contributed by atoms with E-state index in [1.54, 1.807) is 18.5 Å². The molecule has 2 aliphatic rings. The van der Waals surface area contributed by atoms with Gasteiger partial charge in [-0.15, -0.1) is 0 Å². The number of carbonyl (C=O) groups is 1. The molecular weight excluding hydrogens is 330 g/mol. The Labute approximate surface area is 150 Å². The number of carboxylic acid groups (broad SMARTS) is 1. The third-order valence-electron chi connectivity index (χ3n) is 5.90. The van der Waals surface area contributed by atoms with Crippen LogP contribution >= 0.6 is 0 Å². The quantitative estimate of drug-likeness (QED) is 0.782. The Morgan fingerprint density at radius 3 is 2.77 bits per heavy atom. The summed E-state index contributed by atoms with van der Waals surface area (Å²) in [7, 11) is 0. The molecule has 132 valence electrons. The molecule has 0 unspecified atom stereocenters. The van der Waals surface area contributed by atoms with Crippen molar-refractivity contribution >= 4 is 5.97 Å². The van der Waals surface area contributed by atoms with E-state index in [1.807, 2.05) is 16.8 Å². The Morgan fingerprint density at radius 1 is 1.35 bits per heavy atom. The Hall–Kier alpha value is -2.89. The summed E-state index contributed by atoms with van der Waals surface area (Å²) in [5.74, 6) is -0.265. The number of fused-ring (bicyclic) bond motifs is 4. The van der Waals surface area contributed by atoms with E-state index in [0.717, 1.165) is 41.8 Å². The van der Waals surface area contributed by atoms with Gasteiger partial charge in [-0.1, -0.05) is 6.42 Å². The Kier molecular flexibility index (Phi) is 3.13. The van der Waals surface area contributed by atoms with Crippen molar-refractivity contribution in [2.24, 2.45) is 0 Å². The molecule has 1 fully saturated rings. The molecule has 3 heterocycles. The van der Waals surface area contributed by atoms with Crippen molar-refractivity contribution in [2.45, 2.75) is 44.6 Å². The van der Waals surface area contributed by atoms with Crippen molar-refractivity contribution in [1.29, 1.82) is 0 Å². The Bertz CT molecular complexity index is 1010.